The number of fused-ring (bicyclic) bond motifs is 1. The quantitative estimate of drug-likeness (QED) is 0.784. The molecule has 1 N–H and O–H groups in total. The molecular weight excluding hydrogens is 371 g/mol. The third-order valence-electron chi connectivity index (χ3n) is 4.79. The summed E-state index contributed by atoms with van der Waals surface area (Å²) in [5, 5.41) is 2.90. The Balaban J connectivity index is 1.61. The molecule has 7 heteroatoms. The highest BCUT2D eigenvalue weighted by Gasteiger charge is 2.30. The van der Waals surface area contributed by atoms with E-state index in [1.54, 1.807) is 0 Å². The van der Waals surface area contributed by atoms with Gasteiger partial charge in [-0.3, -0.25) is 4.79 Å². The van der Waals surface area contributed by atoms with Gasteiger partial charge in [0.2, 0.25) is 0 Å². The van der Waals surface area contributed by atoms with Crippen molar-refractivity contribution < 1.29 is 27.5 Å². The number of alkyl halides is 3. The topological polar surface area (TPSA) is 55.4 Å². The number of benzene rings is 2. The molecule has 2 aromatic rings. The number of halogens is 3. The third-order valence-corrected chi connectivity index (χ3v) is 4.79. The van der Waals surface area contributed by atoms with Gasteiger partial charge >= 0.3 is 12.1 Å². The van der Waals surface area contributed by atoms with E-state index >= 15 is 0 Å². The number of nitrogens with one attached hydrogen (secondary N) is 1. The summed E-state index contributed by atoms with van der Waals surface area (Å²) in [6.45, 7) is 1.44. The maximum atomic E-state index is 12.6. The van der Waals surface area contributed by atoms with Crippen LogP contribution in [-0.2, 0) is 22.1 Å². The van der Waals surface area contributed by atoms with Crippen LogP contribution in [0, 0.1) is 0 Å². The van der Waals surface area contributed by atoms with Crippen molar-refractivity contribution in [2.24, 2.45) is 0 Å². The Morgan fingerprint density at radius 3 is 2.46 bits per heavy atom. The van der Waals surface area contributed by atoms with E-state index in [0.717, 1.165) is 49.1 Å². The minimum Gasteiger partial charge on any atom is -0.449 e. The predicted octanol–water partition coefficient (Wildman–Crippen LogP) is 4.44. The van der Waals surface area contributed by atoms with Gasteiger partial charge in [-0.1, -0.05) is 24.3 Å². The number of ether oxygens (including phenoxy) is 1. The first-order valence-corrected chi connectivity index (χ1v) is 9.02. The van der Waals surface area contributed by atoms with Crippen LogP contribution in [0.4, 0.5) is 13.2 Å². The fourth-order valence-corrected chi connectivity index (χ4v) is 3.27. The molecule has 0 saturated carbocycles. The molecule has 0 saturated heterocycles. The number of esters is 1. The number of hydrogen-bond donors (Lipinski definition) is 1. The first kappa shape index (κ1) is 19.9. The largest absolute Gasteiger partial charge is 0.449 e. The van der Waals surface area contributed by atoms with Gasteiger partial charge in [0.25, 0.3) is 5.91 Å². The van der Waals surface area contributed by atoms with Gasteiger partial charge in [-0.15, -0.1) is 0 Å². The lowest BCUT2D eigenvalue weighted by atomic mass is 9.87. The molecule has 0 heterocycles. The molecule has 2 aromatic carbocycles. The van der Waals surface area contributed by atoms with E-state index in [1.807, 2.05) is 24.3 Å². The number of amides is 1. The highest BCUT2D eigenvalue weighted by Crippen LogP contribution is 2.30. The Hall–Kier alpha value is -2.83. The fraction of sp³-hybridized carbons (Fsp3) is 0.333. The third kappa shape index (κ3) is 4.52. The van der Waals surface area contributed by atoms with E-state index in [4.69, 9.17) is 4.74 Å². The summed E-state index contributed by atoms with van der Waals surface area (Å²) < 4.78 is 42.9. The van der Waals surface area contributed by atoms with Crippen molar-refractivity contribution in [3.05, 3.63) is 70.8 Å². The van der Waals surface area contributed by atoms with Gasteiger partial charge in [0, 0.05) is 0 Å². The van der Waals surface area contributed by atoms with Gasteiger partial charge in [0.15, 0.2) is 6.10 Å². The van der Waals surface area contributed by atoms with Crippen LogP contribution >= 0.6 is 0 Å². The van der Waals surface area contributed by atoms with E-state index < -0.39 is 29.7 Å². The first-order valence-electron chi connectivity index (χ1n) is 9.02. The average molecular weight is 391 g/mol. The Morgan fingerprint density at radius 2 is 1.79 bits per heavy atom. The number of carbonyl (C=O) groups excluding carboxylic acids is 2. The van der Waals surface area contributed by atoms with E-state index in [1.165, 1.54) is 12.5 Å². The van der Waals surface area contributed by atoms with Crippen molar-refractivity contribution in [2.45, 2.75) is 44.5 Å². The molecule has 28 heavy (non-hydrogen) atoms. The molecule has 2 atom stereocenters. The zero-order chi connectivity index (χ0) is 20.3. The number of rotatable bonds is 4. The number of carbonyl (C=O) groups is 2. The molecular formula is C21H20F3NO3. The monoisotopic (exact) mass is 391 g/mol. The van der Waals surface area contributed by atoms with E-state index in [9.17, 15) is 22.8 Å². The summed E-state index contributed by atoms with van der Waals surface area (Å²) in [6.07, 6.45) is -2.85. The summed E-state index contributed by atoms with van der Waals surface area (Å²) in [7, 11) is 0. The molecule has 0 spiro atoms. The molecule has 0 unspecified atom stereocenters. The lowest BCUT2D eigenvalue weighted by molar-refractivity contribution is -0.137. The molecule has 1 aliphatic rings. The average Bonchev–Trinajstić information content (AvgIpc) is 2.67. The lowest BCUT2D eigenvalue weighted by Gasteiger charge is -2.27. The molecule has 0 aliphatic heterocycles. The molecule has 148 valence electrons. The van der Waals surface area contributed by atoms with Crippen LogP contribution in [0.15, 0.2) is 48.5 Å². The highest BCUT2D eigenvalue weighted by atomic mass is 19.4. The van der Waals surface area contributed by atoms with Crippen molar-refractivity contribution in [1.82, 2.24) is 5.32 Å². The zero-order valence-electron chi connectivity index (χ0n) is 15.3. The summed E-state index contributed by atoms with van der Waals surface area (Å²) in [6, 6.07) is 11.4. The normalized spacial score (nSPS) is 17.4. The van der Waals surface area contributed by atoms with Crippen molar-refractivity contribution in [3.63, 3.8) is 0 Å². The van der Waals surface area contributed by atoms with E-state index in [2.05, 4.69) is 5.32 Å². The molecule has 0 fully saturated rings. The van der Waals surface area contributed by atoms with Gasteiger partial charge in [0.1, 0.15) is 0 Å². The molecule has 0 radical (unpaired) electrons. The van der Waals surface area contributed by atoms with Crippen LogP contribution in [0.5, 0.6) is 0 Å². The minimum atomic E-state index is -4.48. The van der Waals surface area contributed by atoms with Crippen LogP contribution in [0.1, 0.15) is 52.9 Å². The van der Waals surface area contributed by atoms with Crippen LogP contribution in [0.25, 0.3) is 0 Å². The van der Waals surface area contributed by atoms with Crippen LogP contribution in [-0.4, -0.2) is 18.0 Å². The Morgan fingerprint density at radius 1 is 1.11 bits per heavy atom. The lowest BCUT2D eigenvalue weighted by Crippen LogP contribution is -2.39. The van der Waals surface area contributed by atoms with Gasteiger partial charge in [-0.05, 0) is 61.6 Å². The second-order valence-electron chi connectivity index (χ2n) is 6.77. The minimum absolute atomic E-state index is 0.0457. The van der Waals surface area contributed by atoms with E-state index in [0.29, 0.717) is 0 Å². The first-order chi connectivity index (χ1) is 13.3. The molecule has 0 bridgehead atoms. The van der Waals surface area contributed by atoms with Gasteiger partial charge < -0.3 is 10.1 Å². The Labute approximate surface area is 160 Å². The molecule has 1 amide bonds. The van der Waals surface area contributed by atoms with E-state index in [-0.39, 0.29) is 11.6 Å². The van der Waals surface area contributed by atoms with Crippen molar-refractivity contribution in [3.8, 4) is 0 Å². The highest BCUT2D eigenvalue weighted by molar-refractivity contribution is 5.92. The molecule has 0 aromatic heterocycles. The summed E-state index contributed by atoms with van der Waals surface area (Å²) in [5.74, 6) is -1.29. The molecule has 4 nitrogen and oxygen atoms in total. The molecule has 3 rings (SSSR count). The second kappa shape index (κ2) is 8.04. The zero-order valence-corrected chi connectivity index (χ0v) is 15.3. The standard InChI is InChI=1S/C21H20F3NO3/c1-13(28-20(27)15-9-11-16(12-10-15)21(22,23)24)19(26)25-18-8-4-6-14-5-2-3-7-17(14)18/h2-3,5,7,9-13,18H,4,6,8H2,1H3,(H,25,26)/t13-,18+/m1/s1. The van der Waals surface area contributed by atoms with Crippen LogP contribution in [0.3, 0.4) is 0 Å². The fourth-order valence-electron chi connectivity index (χ4n) is 3.27. The SMILES string of the molecule is C[C@@H](OC(=O)c1ccc(C(F)(F)F)cc1)C(=O)N[C@H]1CCCc2ccccc21. The number of hydrogen-bond acceptors (Lipinski definition) is 3. The Kier molecular flexibility index (Phi) is 5.72. The summed E-state index contributed by atoms with van der Waals surface area (Å²) in [4.78, 5) is 24.6. The smallest absolute Gasteiger partial charge is 0.416 e. The van der Waals surface area contributed by atoms with Crippen molar-refractivity contribution >= 4 is 11.9 Å². The van der Waals surface area contributed by atoms with Crippen molar-refractivity contribution in [2.75, 3.05) is 0 Å². The second-order valence-corrected chi connectivity index (χ2v) is 6.77. The van der Waals surface area contributed by atoms with Gasteiger partial charge in [0.05, 0.1) is 17.2 Å². The summed E-state index contributed by atoms with van der Waals surface area (Å²) >= 11 is 0. The maximum Gasteiger partial charge on any atom is 0.416 e. The predicted molar refractivity (Wildman–Crippen MR) is 96.6 cm³/mol. The van der Waals surface area contributed by atoms with Crippen LogP contribution in [0.2, 0.25) is 0 Å². The van der Waals surface area contributed by atoms with Crippen LogP contribution < -0.4 is 5.32 Å². The molecule has 1 aliphatic carbocycles. The Bertz CT molecular complexity index is 862. The maximum absolute atomic E-state index is 12.6. The van der Waals surface area contributed by atoms with Crippen molar-refractivity contribution in [1.29, 1.82) is 0 Å². The number of aryl methyl sites for hydroxylation is 1. The van der Waals surface area contributed by atoms with Gasteiger partial charge in [-0.2, -0.15) is 13.2 Å². The summed E-state index contributed by atoms with van der Waals surface area (Å²) in [5.41, 5.74) is 1.35. The van der Waals surface area contributed by atoms with Gasteiger partial charge in [-0.25, -0.2) is 4.79 Å².